The van der Waals surface area contributed by atoms with Crippen LogP contribution in [-0.4, -0.2) is 48.2 Å². The molecule has 0 aliphatic rings. The zero-order chi connectivity index (χ0) is 27.5. The van der Waals surface area contributed by atoms with Crippen LogP contribution < -0.4 is 12.4 Å². The van der Waals surface area contributed by atoms with Gasteiger partial charge in [-0.2, -0.15) is 0 Å². The maximum absolute atomic E-state index is 11.4. The summed E-state index contributed by atoms with van der Waals surface area (Å²) in [5.74, 6) is 0. The second-order valence-electron chi connectivity index (χ2n) is 12.0. The van der Waals surface area contributed by atoms with Crippen LogP contribution in [0.1, 0.15) is 182 Å². The SMILES string of the molecule is CCCCCCCC[N+](CCCCCCCC)(CCCCCCCC)C(CCCCCC)C(O)OCC.[Cl-]. The highest BCUT2D eigenvalue weighted by Gasteiger charge is 2.40. The van der Waals surface area contributed by atoms with Crippen LogP contribution in [0, 0.1) is 0 Å². The van der Waals surface area contributed by atoms with Gasteiger partial charge >= 0.3 is 0 Å². The maximum atomic E-state index is 11.4. The van der Waals surface area contributed by atoms with Crippen molar-refractivity contribution in [3.63, 3.8) is 0 Å². The summed E-state index contributed by atoms with van der Waals surface area (Å²) in [6, 6.07) is 0.235. The Balaban J connectivity index is 0. The third-order valence-corrected chi connectivity index (χ3v) is 8.59. The molecule has 0 aliphatic heterocycles. The molecule has 0 aliphatic carbocycles. The van der Waals surface area contributed by atoms with Gasteiger partial charge in [-0.15, -0.1) is 0 Å². The lowest BCUT2D eigenvalue weighted by Crippen LogP contribution is -3.00. The fourth-order valence-corrected chi connectivity index (χ4v) is 6.20. The summed E-state index contributed by atoms with van der Waals surface area (Å²) in [5.41, 5.74) is 0. The summed E-state index contributed by atoms with van der Waals surface area (Å²) >= 11 is 0. The number of aliphatic hydroxyl groups excluding tert-OH is 1. The molecule has 1 N–H and O–H groups in total. The van der Waals surface area contributed by atoms with Crippen LogP contribution in [0.3, 0.4) is 0 Å². The van der Waals surface area contributed by atoms with E-state index in [9.17, 15) is 5.11 Å². The number of nitrogens with zero attached hydrogens (tertiary/aromatic N) is 1. The molecule has 0 aromatic heterocycles. The second kappa shape index (κ2) is 30.1. The number of hydrogen-bond acceptors (Lipinski definition) is 2. The minimum absolute atomic E-state index is 0. The molecule has 0 saturated carbocycles. The standard InChI is InChI=1S/C34H72NO2.ClH/c1-6-11-15-19-22-26-30-35(31-27-23-20-16-12-7-2,32-28-24-21-17-13-8-3)33(34(36)37-10-5)29-25-18-14-9-4;/h33-34,36H,6-32H2,1-5H3;1H/q+1;/p-1. The number of hydrogen-bond donors (Lipinski definition) is 1. The molecule has 0 rings (SSSR count). The van der Waals surface area contributed by atoms with Gasteiger partial charge < -0.3 is 26.7 Å². The van der Waals surface area contributed by atoms with Gasteiger partial charge in [0.25, 0.3) is 0 Å². The molecular weight excluding hydrogens is 490 g/mol. The average Bonchev–Trinajstić information content (AvgIpc) is 2.90. The van der Waals surface area contributed by atoms with Crippen molar-refractivity contribution in [3.05, 3.63) is 0 Å². The number of aliphatic hydroxyl groups is 1. The van der Waals surface area contributed by atoms with Crippen molar-refractivity contribution < 1.29 is 26.7 Å². The van der Waals surface area contributed by atoms with E-state index in [4.69, 9.17) is 4.74 Å². The first-order valence-electron chi connectivity index (χ1n) is 17.3. The van der Waals surface area contributed by atoms with Crippen molar-refractivity contribution in [1.29, 1.82) is 0 Å². The summed E-state index contributed by atoms with van der Waals surface area (Å²) in [5, 5.41) is 11.4. The van der Waals surface area contributed by atoms with Crippen LogP contribution in [0.15, 0.2) is 0 Å². The summed E-state index contributed by atoms with van der Waals surface area (Å²) < 4.78 is 7.10. The molecular formula is C34H72ClNO2. The molecule has 3 nitrogen and oxygen atoms in total. The minimum atomic E-state index is -0.619. The number of ether oxygens (including phenoxy) is 1. The van der Waals surface area contributed by atoms with Gasteiger partial charge in [0.1, 0.15) is 6.04 Å². The normalized spacial score (nSPS) is 13.4. The fraction of sp³-hybridized carbons (Fsp3) is 1.00. The summed E-state index contributed by atoms with van der Waals surface area (Å²) in [6.45, 7) is 15.6. The maximum Gasteiger partial charge on any atom is 0.208 e. The molecule has 38 heavy (non-hydrogen) atoms. The third-order valence-electron chi connectivity index (χ3n) is 8.59. The van der Waals surface area contributed by atoms with E-state index >= 15 is 0 Å². The lowest BCUT2D eigenvalue weighted by atomic mass is 9.98. The third kappa shape index (κ3) is 21.0. The summed E-state index contributed by atoms with van der Waals surface area (Å²) in [4.78, 5) is 0. The van der Waals surface area contributed by atoms with Gasteiger partial charge in [-0.3, -0.25) is 0 Å². The zero-order valence-electron chi connectivity index (χ0n) is 26.9. The molecule has 2 atom stereocenters. The van der Waals surface area contributed by atoms with Gasteiger partial charge in [0, 0.05) is 13.0 Å². The Labute approximate surface area is 247 Å². The van der Waals surface area contributed by atoms with Crippen LogP contribution in [0.25, 0.3) is 0 Å². The molecule has 4 heteroatoms. The van der Waals surface area contributed by atoms with E-state index in [1.54, 1.807) is 0 Å². The minimum Gasteiger partial charge on any atom is -1.00 e. The van der Waals surface area contributed by atoms with E-state index in [1.165, 1.54) is 161 Å². The van der Waals surface area contributed by atoms with E-state index in [1.807, 2.05) is 6.92 Å². The number of halogens is 1. The van der Waals surface area contributed by atoms with Crippen LogP contribution in [-0.2, 0) is 4.74 Å². The average molecular weight is 562 g/mol. The lowest BCUT2D eigenvalue weighted by molar-refractivity contribution is -0.958. The van der Waals surface area contributed by atoms with Crippen LogP contribution >= 0.6 is 0 Å². The van der Waals surface area contributed by atoms with Gasteiger partial charge in [0.05, 0.1) is 19.6 Å². The molecule has 0 saturated heterocycles. The van der Waals surface area contributed by atoms with Gasteiger partial charge in [0.2, 0.25) is 6.29 Å². The molecule has 2 unspecified atom stereocenters. The van der Waals surface area contributed by atoms with E-state index in [2.05, 4.69) is 27.7 Å². The molecule has 0 aromatic rings. The molecule has 0 heterocycles. The predicted molar refractivity (Wildman–Crippen MR) is 165 cm³/mol. The smallest absolute Gasteiger partial charge is 0.208 e. The van der Waals surface area contributed by atoms with Crippen molar-refractivity contribution in [2.45, 2.75) is 195 Å². The molecule has 0 bridgehead atoms. The molecule has 0 radical (unpaired) electrons. The highest BCUT2D eigenvalue weighted by Crippen LogP contribution is 2.28. The number of unbranched alkanes of at least 4 members (excludes halogenated alkanes) is 18. The molecule has 0 fully saturated rings. The van der Waals surface area contributed by atoms with Gasteiger partial charge in [-0.25, -0.2) is 0 Å². The van der Waals surface area contributed by atoms with Crippen molar-refractivity contribution in [2.24, 2.45) is 0 Å². The Bertz CT molecular complexity index is 407. The first-order valence-corrected chi connectivity index (χ1v) is 17.3. The van der Waals surface area contributed by atoms with Crippen molar-refractivity contribution in [2.75, 3.05) is 26.2 Å². The molecule has 0 amide bonds. The van der Waals surface area contributed by atoms with E-state index in [0.717, 1.165) is 10.9 Å². The summed E-state index contributed by atoms with van der Waals surface area (Å²) in [6.07, 6.45) is 29.9. The Morgan fingerprint density at radius 3 is 1.13 bits per heavy atom. The van der Waals surface area contributed by atoms with Gasteiger partial charge in [-0.05, 0) is 51.9 Å². The Morgan fingerprint density at radius 2 is 0.789 bits per heavy atom. The largest absolute Gasteiger partial charge is 1.00 e. The lowest BCUT2D eigenvalue weighted by Gasteiger charge is -2.47. The van der Waals surface area contributed by atoms with Crippen molar-refractivity contribution in [1.82, 2.24) is 0 Å². The first-order chi connectivity index (χ1) is 18.1. The van der Waals surface area contributed by atoms with Crippen LogP contribution in [0.5, 0.6) is 0 Å². The van der Waals surface area contributed by atoms with Gasteiger partial charge in [0.15, 0.2) is 0 Å². The monoisotopic (exact) mass is 562 g/mol. The van der Waals surface area contributed by atoms with E-state index in [-0.39, 0.29) is 18.4 Å². The highest BCUT2D eigenvalue weighted by atomic mass is 35.5. The quantitative estimate of drug-likeness (QED) is 0.0556. The van der Waals surface area contributed by atoms with Crippen molar-refractivity contribution in [3.8, 4) is 0 Å². The Hall–Kier alpha value is 0.170. The number of quaternary nitrogens is 1. The van der Waals surface area contributed by atoms with Crippen LogP contribution in [0.4, 0.5) is 0 Å². The number of rotatable bonds is 30. The van der Waals surface area contributed by atoms with Gasteiger partial charge in [-0.1, -0.05) is 124 Å². The summed E-state index contributed by atoms with van der Waals surface area (Å²) in [7, 11) is 0. The predicted octanol–water partition coefficient (Wildman–Crippen LogP) is 7.58. The van der Waals surface area contributed by atoms with E-state index < -0.39 is 6.29 Å². The van der Waals surface area contributed by atoms with Crippen LogP contribution in [0.2, 0.25) is 0 Å². The zero-order valence-corrected chi connectivity index (χ0v) is 27.7. The molecule has 0 aromatic carbocycles. The topological polar surface area (TPSA) is 29.5 Å². The van der Waals surface area contributed by atoms with Crippen molar-refractivity contribution >= 4 is 0 Å². The highest BCUT2D eigenvalue weighted by molar-refractivity contribution is 4.68. The Morgan fingerprint density at radius 1 is 0.474 bits per heavy atom. The second-order valence-corrected chi connectivity index (χ2v) is 12.0. The first kappa shape index (κ1) is 40.3. The Kier molecular flexibility index (Phi) is 32.0. The molecule has 0 spiro atoms. The fourth-order valence-electron chi connectivity index (χ4n) is 6.20. The van der Waals surface area contributed by atoms with E-state index in [0.29, 0.717) is 6.61 Å². The molecule has 232 valence electrons.